The zero-order valence-corrected chi connectivity index (χ0v) is 13.7. The number of carbonyl (C=O) groups is 2. The Hall–Kier alpha value is -1.40. The molecule has 6 heteroatoms. The van der Waals surface area contributed by atoms with Crippen LogP contribution in [0.4, 0.5) is 0 Å². The summed E-state index contributed by atoms with van der Waals surface area (Å²) in [6.07, 6.45) is 0.770. The van der Waals surface area contributed by atoms with E-state index >= 15 is 0 Å². The summed E-state index contributed by atoms with van der Waals surface area (Å²) in [5.74, 6) is -0.972. The van der Waals surface area contributed by atoms with Crippen molar-refractivity contribution in [3.63, 3.8) is 0 Å². The van der Waals surface area contributed by atoms with Crippen LogP contribution in [0.15, 0.2) is 11.6 Å². The van der Waals surface area contributed by atoms with Crippen LogP contribution in [0, 0.1) is 0 Å². The van der Waals surface area contributed by atoms with Crippen molar-refractivity contribution >= 4 is 11.9 Å². The molecule has 22 heavy (non-hydrogen) atoms. The SMILES string of the molecule is CCOC(=O)C1=C[C@@H](OC(CC)CC)[C@H](O)[C@@H](OC(C)=O)C1. The summed E-state index contributed by atoms with van der Waals surface area (Å²) in [6.45, 7) is 7.23. The molecule has 0 aromatic carbocycles. The highest BCUT2D eigenvalue weighted by Crippen LogP contribution is 2.26. The van der Waals surface area contributed by atoms with Gasteiger partial charge >= 0.3 is 11.9 Å². The van der Waals surface area contributed by atoms with Crippen molar-refractivity contribution in [2.45, 2.75) is 71.4 Å². The molecule has 0 amide bonds. The molecule has 126 valence electrons. The normalized spacial score (nSPS) is 24.8. The zero-order valence-electron chi connectivity index (χ0n) is 13.7. The van der Waals surface area contributed by atoms with Gasteiger partial charge in [0.15, 0.2) is 0 Å². The third-order valence-electron chi connectivity index (χ3n) is 3.62. The summed E-state index contributed by atoms with van der Waals surface area (Å²) < 4.78 is 16.0. The topological polar surface area (TPSA) is 82.1 Å². The van der Waals surface area contributed by atoms with Gasteiger partial charge in [0, 0.05) is 18.9 Å². The van der Waals surface area contributed by atoms with Crippen LogP contribution in [0.2, 0.25) is 0 Å². The van der Waals surface area contributed by atoms with Gasteiger partial charge in [-0.05, 0) is 25.8 Å². The molecular formula is C16H26O6. The summed E-state index contributed by atoms with van der Waals surface area (Å²) >= 11 is 0. The fourth-order valence-corrected chi connectivity index (χ4v) is 2.44. The number of hydrogen-bond acceptors (Lipinski definition) is 6. The first-order valence-electron chi connectivity index (χ1n) is 7.81. The Morgan fingerprint density at radius 2 is 1.95 bits per heavy atom. The van der Waals surface area contributed by atoms with Crippen molar-refractivity contribution < 1.29 is 28.9 Å². The van der Waals surface area contributed by atoms with Crippen molar-refractivity contribution in [2.24, 2.45) is 0 Å². The molecule has 0 spiro atoms. The smallest absolute Gasteiger partial charge is 0.333 e. The Kier molecular flexibility index (Phi) is 7.55. The molecule has 0 bridgehead atoms. The standard InChI is InChI=1S/C16H26O6/c1-5-12(6-2)22-14-9-11(16(19)20-7-3)8-13(15(14)18)21-10(4)17/h9,12-15,18H,5-8H2,1-4H3/t13-,14+,15+/m0/s1. The highest BCUT2D eigenvalue weighted by atomic mass is 16.6. The molecule has 6 nitrogen and oxygen atoms in total. The van der Waals surface area contributed by atoms with Gasteiger partial charge < -0.3 is 19.3 Å². The van der Waals surface area contributed by atoms with Gasteiger partial charge in [0.25, 0.3) is 0 Å². The number of esters is 2. The Morgan fingerprint density at radius 3 is 2.45 bits per heavy atom. The minimum absolute atomic E-state index is 0.0320. The van der Waals surface area contributed by atoms with E-state index in [-0.39, 0.29) is 19.1 Å². The Balaban J connectivity index is 2.95. The maximum absolute atomic E-state index is 11.9. The van der Waals surface area contributed by atoms with E-state index < -0.39 is 30.3 Å². The minimum Gasteiger partial charge on any atom is -0.463 e. The summed E-state index contributed by atoms with van der Waals surface area (Å²) in [4.78, 5) is 23.1. The largest absolute Gasteiger partial charge is 0.463 e. The van der Waals surface area contributed by atoms with Crippen LogP contribution in [0.3, 0.4) is 0 Å². The number of aliphatic hydroxyl groups is 1. The first-order valence-corrected chi connectivity index (χ1v) is 7.81. The molecule has 0 unspecified atom stereocenters. The molecule has 0 aliphatic heterocycles. The summed E-state index contributed by atoms with van der Waals surface area (Å²) in [5.41, 5.74) is 0.370. The number of rotatable bonds is 7. The molecule has 0 saturated carbocycles. The average Bonchev–Trinajstić information content (AvgIpc) is 2.47. The van der Waals surface area contributed by atoms with E-state index in [0.29, 0.717) is 5.57 Å². The summed E-state index contributed by atoms with van der Waals surface area (Å²) in [6, 6.07) is 0. The first kappa shape index (κ1) is 18.6. The molecule has 0 radical (unpaired) electrons. The molecule has 0 saturated heterocycles. The second kappa shape index (κ2) is 8.90. The van der Waals surface area contributed by atoms with Crippen molar-refractivity contribution in [3.8, 4) is 0 Å². The van der Waals surface area contributed by atoms with Gasteiger partial charge in [-0.25, -0.2) is 4.79 Å². The van der Waals surface area contributed by atoms with Gasteiger partial charge in [-0.3, -0.25) is 4.79 Å². The van der Waals surface area contributed by atoms with E-state index in [1.165, 1.54) is 6.92 Å². The quantitative estimate of drug-likeness (QED) is 0.721. The molecule has 0 fully saturated rings. The second-order valence-electron chi connectivity index (χ2n) is 5.29. The lowest BCUT2D eigenvalue weighted by Gasteiger charge is -2.34. The lowest BCUT2D eigenvalue weighted by molar-refractivity contribution is -0.163. The van der Waals surface area contributed by atoms with E-state index in [4.69, 9.17) is 14.2 Å². The fraction of sp³-hybridized carbons (Fsp3) is 0.750. The predicted molar refractivity (Wildman–Crippen MR) is 80.1 cm³/mol. The fourth-order valence-electron chi connectivity index (χ4n) is 2.44. The van der Waals surface area contributed by atoms with Crippen LogP contribution >= 0.6 is 0 Å². The molecular weight excluding hydrogens is 288 g/mol. The van der Waals surface area contributed by atoms with Crippen LogP contribution < -0.4 is 0 Å². The van der Waals surface area contributed by atoms with Crippen molar-refractivity contribution in [2.75, 3.05) is 6.61 Å². The van der Waals surface area contributed by atoms with Gasteiger partial charge in [-0.2, -0.15) is 0 Å². The second-order valence-corrected chi connectivity index (χ2v) is 5.29. The Labute approximate surface area is 131 Å². The molecule has 0 aromatic heterocycles. The monoisotopic (exact) mass is 314 g/mol. The number of ether oxygens (including phenoxy) is 3. The first-order chi connectivity index (χ1) is 10.4. The van der Waals surface area contributed by atoms with Crippen LogP contribution in [0.25, 0.3) is 0 Å². The van der Waals surface area contributed by atoms with Gasteiger partial charge in [0.1, 0.15) is 18.3 Å². The van der Waals surface area contributed by atoms with Crippen LogP contribution in [-0.4, -0.2) is 48.1 Å². The van der Waals surface area contributed by atoms with Crippen molar-refractivity contribution in [1.29, 1.82) is 0 Å². The molecule has 0 heterocycles. The van der Waals surface area contributed by atoms with E-state index in [1.807, 2.05) is 13.8 Å². The third-order valence-corrected chi connectivity index (χ3v) is 3.62. The third kappa shape index (κ3) is 5.10. The van der Waals surface area contributed by atoms with Gasteiger partial charge in [-0.1, -0.05) is 13.8 Å². The molecule has 0 aromatic rings. The molecule has 1 aliphatic carbocycles. The number of aliphatic hydroxyl groups excluding tert-OH is 1. The number of hydrogen-bond donors (Lipinski definition) is 1. The zero-order chi connectivity index (χ0) is 16.7. The van der Waals surface area contributed by atoms with Crippen LogP contribution in [-0.2, 0) is 23.8 Å². The Morgan fingerprint density at radius 1 is 1.32 bits per heavy atom. The van der Waals surface area contributed by atoms with Crippen LogP contribution in [0.1, 0.15) is 47.0 Å². The summed E-state index contributed by atoms with van der Waals surface area (Å²) in [7, 11) is 0. The van der Waals surface area contributed by atoms with Gasteiger partial charge in [0.05, 0.1) is 12.7 Å². The van der Waals surface area contributed by atoms with Gasteiger partial charge in [-0.15, -0.1) is 0 Å². The molecule has 3 atom stereocenters. The molecule has 1 rings (SSSR count). The van der Waals surface area contributed by atoms with E-state index in [0.717, 1.165) is 12.8 Å². The maximum Gasteiger partial charge on any atom is 0.333 e. The lowest BCUT2D eigenvalue weighted by atomic mass is 9.91. The van der Waals surface area contributed by atoms with E-state index in [2.05, 4.69) is 0 Å². The average molecular weight is 314 g/mol. The van der Waals surface area contributed by atoms with Crippen LogP contribution in [0.5, 0.6) is 0 Å². The van der Waals surface area contributed by atoms with Crippen molar-refractivity contribution in [1.82, 2.24) is 0 Å². The highest BCUT2D eigenvalue weighted by Gasteiger charge is 2.37. The van der Waals surface area contributed by atoms with Crippen molar-refractivity contribution in [3.05, 3.63) is 11.6 Å². The lowest BCUT2D eigenvalue weighted by Crippen LogP contribution is -2.46. The van der Waals surface area contributed by atoms with Gasteiger partial charge in [0.2, 0.25) is 0 Å². The predicted octanol–water partition coefficient (Wildman–Crippen LogP) is 1.75. The minimum atomic E-state index is -0.998. The van der Waals surface area contributed by atoms with E-state index in [1.54, 1.807) is 13.0 Å². The molecule has 1 aliphatic rings. The highest BCUT2D eigenvalue weighted by molar-refractivity contribution is 5.89. The summed E-state index contributed by atoms with van der Waals surface area (Å²) in [5, 5.41) is 10.3. The maximum atomic E-state index is 11.9. The van der Waals surface area contributed by atoms with E-state index in [9.17, 15) is 14.7 Å². The number of carbonyl (C=O) groups excluding carboxylic acids is 2. The Bertz CT molecular complexity index is 413. The molecule has 1 N–H and O–H groups in total.